The highest BCUT2D eigenvalue weighted by Crippen LogP contribution is 2.33. The Balaban J connectivity index is 2.30. The molecule has 0 aromatic carbocycles. The maximum Gasteiger partial charge on any atom is 0.105 e. The molecule has 0 fully saturated rings. The number of aryl methyl sites for hydroxylation is 2. The van der Waals surface area contributed by atoms with E-state index in [0.29, 0.717) is 5.92 Å². The van der Waals surface area contributed by atoms with Gasteiger partial charge in [0.25, 0.3) is 0 Å². The lowest BCUT2D eigenvalue weighted by Crippen LogP contribution is -2.27. The first-order valence-electron chi connectivity index (χ1n) is 7.33. The van der Waals surface area contributed by atoms with Crippen molar-refractivity contribution in [2.75, 3.05) is 6.54 Å². The Kier molecular flexibility index (Phi) is 4.96. The Bertz CT molecular complexity index is 533. The van der Waals surface area contributed by atoms with Gasteiger partial charge in [0.2, 0.25) is 0 Å². The summed E-state index contributed by atoms with van der Waals surface area (Å²) in [5, 5.41) is 3.66. The second kappa shape index (κ2) is 6.71. The number of pyridine rings is 1. The van der Waals surface area contributed by atoms with Crippen molar-refractivity contribution < 1.29 is 4.42 Å². The Morgan fingerprint density at radius 1 is 1.25 bits per heavy atom. The van der Waals surface area contributed by atoms with Crippen LogP contribution in [0, 0.1) is 13.8 Å². The lowest BCUT2D eigenvalue weighted by Gasteiger charge is -2.25. The molecule has 2 heterocycles. The molecule has 0 spiro atoms. The van der Waals surface area contributed by atoms with E-state index in [2.05, 4.69) is 42.3 Å². The maximum atomic E-state index is 5.71. The van der Waals surface area contributed by atoms with Crippen molar-refractivity contribution in [1.29, 1.82) is 0 Å². The molecule has 0 aliphatic rings. The van der Waals surface area contributed by atoms with Crippen molar-refractivity contribution in [2.45, 2.75) is 46.1 Å². The van der Waals surface area contributed by atoms with Crippen LogP contribution in [0.2, 0.25) is 0 Å². The monoisotopic (exact) mass is 272 g/mol. The van der Waals surface area contributed by atoms with E-state index >= 15 is 0 Å². The third-order valence-electron chi connectivity index (χ3n) is 3.76. The standard InChI is InChI=1S/C17H24N2O/c1-5-8-19-17(16-11-12(2)20-14(16)4)13(3)15-6-9-18-10-7-15/h6-7,9-11,13,17,19H,5,8H2,1-4H3. The van der Waals surface area contributed by atoms with Crippen LogP contribution in [0.15, 0.2) is 35.0 Å². The fraction of sp³-hybridized carbons (Fsp3) is 0.471. The SMILES string of the molecule is CCCNC(c1cc(C)oc1C)C(C)c1ccncc1. The summed E-state index contributed by atoms with van der Waals surface area (Å²) in [5.74, 6) is 2.36. The van der Waals surface area contributed by atoms with Crippen LogP contribution in [0.4, 0.5) is 0 Å². The zero-order chi connectivity index (χ0) is 14.5. The molecule has 2 atom stereocenters. The van der Waals surface area contributed by atoms with Crippen LogP contribution in [0.1, 0.15) is 54.9 Å². The molecule has 0 amide bonds. The molecule has 2 aromatic rings. The number of rotatable bonds is 6. The summed E-state index contributed by atoms with van der Waals surface area (Å²) in [6.07, 6.45) is 4.84. The van der Waals surface area contributed by atoms with Gasteiger partial charge in [-0.05, 0) is 50.6 Å². The minimum Gasteiger partial charge on any atom is -0.466 e. The lowest BCUT2D eigenvalue weighted by atomic mass is 9.89. The van der Waals surface area contributed by atoms with Gasteiger partial charge in [0.05, 0.1) is 0 Å². The van der Waals surface area contributed by atoms with E-state index in [-0.39, 0.29) is 6.04 Å². The summed E-state index contributed by atoms with van der Waals surface area (Å²) in [6, 6.07) is 6.61. The molecule has 108 valence electrons. The van der Waals surface area contributed by atoms with Gasteiger partial charge >= 0.3 is 0 Å². The highest BCUT2D eigenvalue weighted by molar-refractivity contribution is 5.29. The zero-order valence-corrected chi connectivity index (χ0v) is 12.8. The predicted octanol–water partition coefficient (Wildman–Crippen LogP) is 4.14. The Labute approximate surface area is 121 Å². The van der Waals surface area contributed by atoms with Crippen LogP contribution in [-0.2, 0) is 0 Å². The lowest BCUT2D eigenvalue weighted by molar-refractivity contribution is 0.447. The number of hydrogen-bond donors (Lipinski definition) is 1. The van der Waals surface area contributed by atoms with Gasteiger partial charge < -0.3 is 9.73 Å². The molecule has 0 radical (unpaired) electrons. The highest BCUT2D eigenvalue weighted by atomic mass is 16.3. The molecular formula is C17H24N2O. The molecule has 20 heavy (non-hydrogen) atoms. The zero-order valence-electron chi connectivity index (χ0n) is 12.8. The first-order chi connectivity index (χ1) is 9.63. The van der Waals surface area contributed by atoms with Crippen LogP contribution in [0.3, 0.4) is 0 Å². The van der Waals surface area contributed by atoms with E-state index in [0.717, 1.165) is 24.5 Å². The minimum atomic E-state index is 0.273. The van der Waals surface area contributed by atoms with Gasteiger partial charge in [0.15, 0.2) is 0 Å². The number of aromatic nitrogens is 1. The van der Waals surface area contributed by atoms with E-state index in [4.69, 9.17) is 4.42 Å². The second-order valence-electron chi connectivity index (χ2n) is 5.37. The molecule has 1 N–H and O–H groups in total. The molecule has 0 saturated heterocycles. The van der Waals surface area contributed by atoms with Crippen LogP contribution in [0.25, 0.3) is 0 Å². The molecular weight excluding hydrogens is 248 g/mol. The van der Waals surface area contributed by atoms with Gasteiger partial charge in [-0.15, -0.1) is 0 Å². The van der Waals surface area contributed by atoms with Crippen molar-refractivity contribution >= 4 is 0 Å². The van der Waals surface area contributed by atoms with E-state index in [9.17, 15) is 0 Å². The van der Waals surface area contributed by atoms with Gasteiger partial charge in [-0.25, -0.2) is 0 Å². The van der Waals surface area contributed by atoms with Gasteiger partial charge in [-0.1, -0.05) is 13.8 Å². The average molecular weight is 272 g/mol. The number of nitrogens with zero attached hydrogens (tertiary/aromatic N) is 1. The third-order valence-corrected chi connectivity index (χ3v) is 3.76. The van der Waals surface area contributed by atoms with Crippen LogP contribution in [0.5, 0.6) is 0 Å². The van der Waals surface area contributed by atoms with Gasteiger partial charge in [-0.3, -0.25) is 4.98 Å². The summed E-state index contributed by atoms with van der Waals surface area (Å²) < 4.78 is 5.71. The van der Waals surface area contributed by atoms with E-state index in [1.54, 1.807) is 0 Å². The summed E-state index contributed by atoms with van der Waals surface area (Å²) in [7, 11) is 0. The molecule has 2 aromatic heterocycles. The van der Waals surface area contributed by atoms with Gasteiger partial charge in [0.1, 0.15) is 11.5 Å². The predicted molar refractivity (Wildman–Crippen MR) is 81.9 cm³/mol. The quantitative estimate of drug-likeness (QED) is 0.859. The Morgan fingerprint density at radius 3 is 2.50 bits per heavy atom. The molecule has 2 rings (SSSR count). The minimum absolute atomic E-state index is 0.273. The van der Waals surface area contributed by atoms with Crippen molar-refractivity contribution in [1.82, 2.24) is 10.3 Å². The first-order valence-corrected chi connectivity index (χ1v) is 7.33. The van der Waals surface area contributed by atoms with Crippen LogP contribution < -0.4 is 5.32 Å². The van der Waals surface area contributed by atoms with Gasteiger partial charge in [0, 0.05) is 29.9 Å². The smallest absolute Gasteiger partial charge is 0.105 e. The molecule has 3 heteroatoms. The Hall–Kier alpha value is -1.61. The van der Waals surface area contributed by atoms with E-state index in [1.807, 2.05) is 26.2 Å². The van der Waals surface area contributed by atoms with Crippen LogP contribution >= 0.6 is 0 Å². The summed E-state index contributed by atoms with van der Waals surface area (Å²) >= 11 is 0. The molecule has 0 aliphatic carbocycles. The average Bonchev–Trinajstić information content (AvgIpc) is 2.79. The third kappa shape index (κ3) is 3.28. The summed E-state index contributed by atoms with van der Waals surface area (Å²) in [5.41, 5.74) is 2.56. The van der Waals surface area contributed by atoms with E-state index < -0.39 is 0 Å². The molecule has 0 aliphatic heterocycles. The molecule has 2 unspecified atom stereocenters. The van der Waals surface area contributed by atoms with Crippen molar-refractivity contribution in [3.63, 3.8) is 0 Å². The topological polar surface area (TPSA) is 38.1 Å². The van der Waals surface area contributed by atoms with Crippen LogP contribution in [-0.4, -0.2) is 11.5 Å². The fourth-order valence-corrected chi connectivity index (χ4v) is 2.67. The van der Waals surface area contributed by atoms with E-state index in [1.165, 1.54) is 11.1 Å². The Morgan fingerprint density at radius 2 is 1.95 bits per heavy atom. The maximum absolute atomic E-state index is 5.71. The van der Waals surface area contributed by atoms with Gasteiger partial charge in [-0.2, -0.15) is 0 Å². The summed E-state index contributed by atoms with van der Waals surface area (Å²) in [6.45, 7) is 9.50. The van der Waals surface area contributed by atoms with Crippen molar-refractivity contribution in [2.24, 2.45) is 0 Å². The van der Waals surface area contributed by atoms with Crippen molar-refractivity contribution in [3.8, 4) is 0 Å². The largest absolute Gasteiger partial charge is 0.466 e. The fourth-order valence-electron chi connectivity index (χ4n) is 2.67. The summed E-state index contributed by atoms with van der Waals surface area (Å²) in [4.78, 5) is 4.10. The van der Waals surface area contributed by atoms with Crippen molar-refractivity contribution in [3.05, 3.63) is 53.2 Å². The second-order valence-corrected chi connectivity index (χ2v) is 5.37. The normalized spacial score (nSPS) is 14.2. The number of furan rings is 1. The molecule has 0 bridgehead atoms. The number of hydrogen-bond acceptors (Lipinski definition) is 3. The first kappa shape index (κ1) is 14.8. The highest BCUT2D eigenvalue weighted by Gasteiger charge is 2.23. The molecule has 3 nitrogen and oxygen atoms in total. The number of nitrogens with one attached hydrogen (secondary N) is 1. The molecule has 0 saturated carbocycles.